The minimum Gasteiger partial charge on any atom is -0.477 e. The van der Waals surface area contributed by atoms with E-state index >= 15 is 0 Å². The van der Waals surface area contributed by atoms with Crippen molar-refractivity contribution in [3.63, 3.8) is 0 Å². The zero-order valence-corrected chi connectivity index (χ0v) is 26.7. The molecule has 4 heterocycles. The van der Waals surface area contributed by atoms with Gasteiger partial charge in [-0.15, -0.1) is 11.8 Å². The number of likely N-dealkylation sites (N-methyl/N-ethyl adjacent to an activating group) is 1. The van der Waals surface area contributed by atoms with E-state index in [2.05, 4.69) is 31.1 Å². The summed E-state index contributed by atoms with van der Waals surface area (Å²) in [5.74, 6) is -1.37. The van der Waals surface area contributed by atoms with Crippen LogP contribution in [0, 0.1) is 0 Å². The molecule has 4 rings (SSSR count). The number of nitrogens with zero attached hydrogens (tertiary/aromatic N) is 4. The largest absolute Gasteiger partial charge is 0.477 e. The third kappa shape index (κ3) is 7.38. The molecule has 1 fully saturated rings. The van der Waals surface area contributed by atoms with E-state index in [1.807, 2.05) is 0 Å². The van der Waals surface area contributed by atoms with Gasteiger partial charge in [0.15, 0.2) is 10.8 Å². The third-order valence-electron chi connectivity index (χ3n) is 6.29. The molecule has 43 heavy (non-hydrogen) atoms. The maximum Gasteiger partial charge on any atom is 0.353 e. The van der Waals surface area contributed by atoms with Crippen LogP contribution in [0.4, 0.5) is 5.13 Å². The van der Waals surface area contributed by atoms with Crippen LogP contribution in [0.2, 0.25) is 4.34 Å². The molecule has 0 spiro atoms. The highest BCUT2D eigenvalue weighted by atomic mass is 35.5. The lowest BCUT2D eigenvalue weighted by Crippen LogP contribution is -2.71. The zero-order chi connectivity index (χ0) is 31.3. The van der Waals surface area contributed by atoms with Crippen LogP contribution in [-0.4, -0.2) is 97.1 Å². The molecule has 0 radical (unpaired) electrons. The maximum absolute atomic E-state index is 13.1. The molecule has 3 atom stereocenters. The first kappa shape index (κ1) is 32.9. The second kappa shape index (κ2) is 14.6. The first-order valence-corrected chi connectivity index (χ1v) is 16.8. The molecule has 1 saturated heterocycles. The summed E-state index contributed by atoms with van der Waals surface area (Å²) < 4.78 is 0.0339. The Bertz CT molecular complexity index is 1490. The van der Waals surface area contributed by atoms with Crippen LogP contribution >= 0.6 is 58.2 Å². The van der Waals surface area contributed by atoms with Crippen molar-refractivity contribution >= 4 is 92.8 Å². The van der Waals surface area contributed by atoms with E-state index in [9.17, 15) is 29.5 Å². The molecule has 0 aromatic carbocycles. The van der Waals surface area contributed by atoms with Crippen LogP contribution in [0.5, 0.6) is 0 Å². The van der Waals surface area contributed by atoms with Crippen LogP contribution in [0.3, 0.4) is 0 Å². The van der Waals surface area contributed by atoms with Gasteiger partial charge in [-0.3, -0.25) is 24.3 Å². The number of oxime groups is 1. The number of fused-ring (bicyclic) bond motifs is 1. The van der Waals surface area contributed by atoms with Crippen molar-refractivity contribution in [2.45, 2.75) is 35.0 Å². The second-order valence-electron chi connectivity index (χ2n) is 9.00. The van der Waals surface area contributed by atoms with Crippen LogP contribution in [0.1, 0.15) is 18.2 Å². The Morgan fingerprint density at radius 3 is 2.79 bits per heavy atom. The lowest BCUT2D eigenvalue weighted by atomic mass is 10.0. The molecule has 3 amide bonds. The van der Waals surface area contributed by atoms with Crippen LogP contribution < -0.4 is 21.7 Å². The number of nitrogens with two attached hydrogens (primary N) is 1. The predicted molar refractivity (Wildman–Crippen MR) is 167 cm³/mol. The highest BCUT2D eigenvalue weighted by Gasteiger charge is 2.54. The highest BCUT2D eigenvalue weighted by molar-refractivity contribution is 8.06. The predicted octanol–water partition coefficient (Wildman–Crippen LogP) is 1.40. The van der Waals surface area contributed by atoms with E-state index in [0.29, 0.717) is 23.0 Å². The fraction of sp³-hybridized carbons (Fsp3) is 0.375. The molecule has 14 nitrogen and oxygen atoms in total. The molecule has 2 aliphatic heterocycles. The number of hydrogen-bond acceptors (Lipinski definition) is 14. The van der Waals surface area contributed by atoms with Crippen molar-refractivity contribution in [3.05, 3.63) is 44.7 Å². The van der Waals surface area contributed by atoms with E-state index in [4.69, 9.17) is 17.3 Å². The highest BCUT2D eigenvalue weighted by Crippen LogP contribution is 2.46. The van der Waals surface area contributed by atoms with Crippen LogP contribution in [0.25, 0.3) is 0 Å². The monoisotopic (exact) mass is 686 g/mol. The number of β-lactam (4-membered cyclic amide) rings is 1. The summed E-state index contributed by atoms with van der Waals surface area (Å²) in [6.07, 6.45) is 3.32. The van der Waals surface area contributed by atoms with E-state index in [0.717, 1.165) is 26.7 Å². The Kier molecular flexibility index (Phi) is 11.2. The standard InChI is InChI=1S/C24H27ClN8O6S4/c1-10(27-2)19(34)29-5-6-40-8-11-7-28-4-3-12(11)42-13-9-41-22-16(21(36)33(22)17(13)23(37)38)30-20(35)15(32-39)14-18(25)43-24(26)31-14/h3-4,7,10,16,22,27,39H,5-6,8-9H2,1-2H3,(H2,26,31)(H,29,34)(H,30,35)(H,37,38)/b32-15-/t10-,16+,22+/m0/s1. The Morgan fingerprint density at radius 1 is 1.37 bits per heavy atom. The van der Waals surface area contributed by atoms with Crippen molar-refractivity contribution in [2.24, 2.45) is 5.16 Å². The van der Waals surface area contributed by atoms with Crippen LogP contribution in [0.15, 0.2) is 39.1 Å². The number of halogens is 1. The number of anilines is 1. The number of aromatic nitrogens is 2. The Balaban J connectivity index is 1.42. The first-order valence-electron chi connectivity index (χ1n) is 12.6. The minimum atomic E-state index is -1.27. The molecule has 2 aromatic heterocycles. The summed E-state index contributed by atoms with van der Waals surface area (Å²) in [4.78, 5) is 60.7. The number of hydrogen-bond donors (Lipinski definition) is 6. The SMILES string of the molecule is CN[C@@H](C)C(=O)NCCSCc1cnccc1SC1=C(C(=O)O)N2C(=O)[C@@H](NC(=O)/C(=N\O)c3nc(N)sc3Cl)[C@H]2SC1. The number of rotatable bonds is 13. The zero-order valence-electron chi connectivity index (χ0n) is 22.7. The topological polar surface area (TPSA) is 212 Å². The van der Waals surface area contributed by atoms with Gasteiger partial charge in [0.2, 0.25) is 5.91 Å². The van der Waals surface area contributed by atoms with Gasteiger partial charge in [0, 0.05) is 46.0 Å². The lowest BCUT2D eigenvalue weighted by Gasteiger charge is -2.49. The molecular weight excluding hydrogens is 660 g/mol. The van der Waals surface area contributed by atoms with Crippen molar-refractivity contribution in [1.82, 2.24) is 30.8 Å². The van der Waals surface area contributed by atoms with Gasteiger partial charge in [-0.05, 0) is 25.6 Å². The quantitative estimate of drug-likeness (QED) is 0.0579. The number of carboxylic acid groups (broad SMARTS) is 1. The van der Waals surface area contributed by atoms with E-state index in [1.165, 1.54) is 23.5 Å². The third-order valence-corrected chi connectivity index (χ3v) is 11.0. The van der Waals surface area contributed by atoms with Crippen molar-refractivity contribution in [1.29, 1.82) is 0 Å². The molecule has 7 N–H and O–H groups in total. The number of aliphatic carboxylic acids is 1. The number of carboxylic acids is 1. The number of carbonyl (C=O) groups is 4. The first-order chi connectivity index (χ1) is 20.6. The number of nitrogen functional groups attached to an aromatic ring is 1. The van der Waals surface area contributed by atoms with Gasteiger partial charge in [0.05, 0.1) is 6.04 Å². The van der Waals surface area contributed by atoms with Gasteiger partial charge in [-0.2, -0.15) is 11.8 Å². The van der Waals surface area contributed by atoms with Gasteiger partial charge < -0.3 is 32.0 Å². The Hall–Kier alpha value is -3.03. The number of pyridine rings is 1. The summed E-state index contributed by atoms with van der Waals surface area (Å²) in [6.45, 7) is 2.27. The molecule has 0 saturated carbocycles. The maximum atomic E-state index is 13.1. The summed E-state index contributed by atoms with van der Waals surface area (Å²) >= 11 is 11.1. The average Bonchev–Trinajstić information content (AvgIpc) is 3.32. The Labute approximate surface area is 267 Å². The van der Waals surface area contributed by atoms with Gasteiger partial charge in [0.1, 0.15) is 27.1 Å². The molecule has 0 aliphatic carbocycles. The van der Waals surface area contributed by atoms with E-state index in [1.54, 1.807) is 44.2 Å². The van der Waals surface area contributed by atoms with Gasteiger partial charge in [-0.25, -0.2) is 9.78 Å². The summed E-state index contributed by atoms with van der Waals surface area (Å²) in [5, 5.41) is 30.1. The molecule has 2 aliphatic rings. The molecule has 230 valence electrons. The van der Waals surface area contributed by atoms with Gasteiger partial charge in [-0.1, -0.05) is 39.9 Å². The summed E-state index contributed by atoms with van der Waals surface area (Å²) in [5.41, 5.74) is 5.68. The number of amides is 3. The van der Waals surface area contributed by atoms with E-state index < -0.39 is 34.9 Å². The van der Waals surface area contributed by atoms with Crippen molar-refractivity contribution in [3.8, 4) is 0 Å². The number of thiazole rings is 1. The average molecular weight is 687 g/mol. The second-order valence-corrected chi connectivity index (χ2v) is 14.0. The summed E-state index contributed by atoms with van der Waals surface area (Å²) in [7, 11) is 1.72. The van der Waals surface area contributed by atoms with Gasteiger partial charge in [0.25, 0.3) is 11.8 Å². The molecule has 19 heteroatoms. The van der Waals surface area contributed by atoms with Crippen LogP contribution in [-0.2, 0) is 24.9 Å². The fourth-order valence-electron chi connectivity index (χ4n) is 4.01. The Morgan fingerprint density at radius 2 is 2.14 bits per heavy atom. The minimum absolute atomic E-state index is 0.0339. The number of nitrogens with one attached hydrogen (secondary N) is 3. The number of thioether (sulfide) groups is 3. The molecule has 2 aromatic rings. The normalized spacial score (nSPS) is 19.0. The molecule has 0 unspecified atom stereocenters. The van der Waals surface area contributed by atoms with Crippen molar-refractivity contribution in [2.75, 3.05) is 30.8 Å². The van der Waals surface area contributed by atoms with Gasteiger partial charge >= 0.3 is 5.97 Å². The molecule has 0 bridgehead atoms. The fourth-order valence-corrected chi connectivity index (χ4v) is 8.44. The number of carbonyl (C=O) groups excluding carboxylic acids is 3. The smallest absolute Gasteiger partial charge is 0.353 e. The van der Waals surface area contributed by atoms with E-state index in [-0.39, 0.29) is 38.6 Å². The molecular formula is C24H27ClN8O6S4. The lowest BCUT2D eigenvalue weighted by molar-refractivity contribution is -0.150. The van der Waals surface area contributed by atoms with Crippen molar-refractivity contribution < 1.29 is 29.5 Å². The summed E-state index contributed by atoms with van der Waals surface area (Å²) in [6, 6.07) is 0.442.